The minimum atomic E-state index is -2.84. The Hall–Kier alpha value is 1.69. The molecule has 1 fully saturated rings. The molecule has 0 aromatic carbocycles. The summed E-state index contributed by atoms with van der Waals surface area (Å²) in [5.41, 5.74) is 0. The van der Waals surface area contributed by atoms with Crippen LogP contribution in [-0.4, -0.2) is 42.7 Å². The number of nitrogens with zero attached hydrogens (tertiary/aromatic N) is 1. The van der Waals surface area contributed by atoms with E-state index in [0.717, 1.165) is 13.0 Å². The molecule has 1 saturated heterocycles. The van der Waals surface area contributed by atoms with Gasteiger partial charge in [0.25, 0.3) is 0 Å². The zero-order valence-electron chi connectivity index (χ0n) is 9.92. The van der Waals surface area contributed by atoms with Crippen molar-refractivity contribution in [3.63, 3.8) is 0 Å². The smallest absolute Gasteiger partial charge is 1.00 e. The monoisotopic (exact) mass is 284 g/mol. The summed E-state index contributed by atoms with van der Waals surface area (Å²) >= 11 is 11.1. The molecule has 1 atom stereocenters. The topological polar surface area (TPSA) is 41.6 Å². The summed E-state index contributed by atoms with van der Waals surface area (Å²) in [5.74, 6) is 0.873. The van der Waals surface area contributed by atoms with Gasteiger partial charge in [-0.2, -0.15) is 0 Å². The van der Waals surface area contributed by atoms with E-state index in [-0.39, 0.29) is 31.0 Å². The van der Waals surface area contributed by atoms with Crippen LogP contribution >= 0.6 is 30.9 Å². The molecule has 0 aliphatic carbocycles. The molecule has 1 aliphatic heterocycles. The van der Waals surface area contributed by atoms with Crippen molar-refractivity contribution < 1.29 is 40.1 Å². The van der Waals surface area contributed by atoms with E-state index in [0.29, 0.717) is 31.5 Å². The maximum absolute atomic E-state index is 12.2. The molecule has 1 N–H and O–H groups in total. The predicted molar refractivity (Wildman–Crippen MR) is 60.3 cm³/mol. The van der Waals surface area contributed by atoms with Crippen molar-refractivity contribution >= 4 is 30.9 Å². The fraction of sp³-hybridized carbons (Fsp3) is 1.00. The number of nitrogens with one attached hydrogen (secondary N) is 1. The number of hydrogen-bond acceptors (Lipinski definition) is 2. The molecule has 1 heterocycles. The molecule has 1 aliphatic rings. The maximum Gasteiger partial charge on any atom is 1.00 e. The predicted octanol–water partition coefficient (Wildman–Crippen LogP) is -0.999. The Morgan fingerprint density at radius 1 is 1.47 bits per heavy atom. The van der Waals surface area contributed by atoms with Crippen LogP contribution in [0.4, 0.5) is 0 Å². The van der Waals surface area contributed by atoms with Crippen LogP contribution < -0.4 is 34.6 Å². The van der Waals surface area contributed by atoms with E-state index in [1.54, 1.807) is 4.67 Å². The summed E-state index contributed by atoms with van der Waals surface area (Å²) in [6.07, 6.45) is 0.892. The van der Waals surface area contributed by atoms with Crippen molar-refractivity contribution in [3.05, 3.63) is 0 Å². The SMILES string of the molecule is O=P1(NCCCl)OCCCN1CCCl.[H-].[Na+]. The first-order valence-electron chi connectivity index (χ1n) is 4.60. The van der Waals surface area contributed by atoms with E-state index in [9.17, 15) is 4.57 Å². The summed E-state index contributed by atoms with van der Waals surface area (Å²) in [6, 6.07) is 0. The van der Waals surface area contributed by atoms with Gasteiger partial charge < -0.3 is 5.95 Å². The third kappa shape index (κ3) is 5.24. The first kappa shape index (κ1) is 16.7. The minimum Gasteiger partial charge on any atom is -1.00 e. The van der Waals surface area contributed by atoms with Crippen LogP contribution in [0.3, 0.4) is 0 Å². The quantitative estimate of drug-likeness (QED) is 0.400. The van der Waals surface area contributed by atoms with Crippen LogP contribution in [0.25, 0.3) is 0 Å². The third-order valence-electron chi connectivity index (χ3n) is 1.95. The van der Waals surface area contributed by atoms with Crippen LogP contribution in [0.2, 0.25) is 0 Å². The van der Waals surface area contributed by atoms with Gasteiger partial charge in [-0.3, -0.25) is 4.57 Å². The molecular formula is C7H16Cl2N2NaO2P. The molecule has 1 rings (SSSR count). The average molecular weight is 285 g/mol. The van der Waals surface area contributed by atoms with E-state index < -0.39 is 7.67 Å². The van der Waals surface area contributed by atoms with Crippen LogP contribution in [0, 0.1) is 0 Å². The van der Waals surface area contributed by atoms with Gasteiger partial charge in [-0.15, -0.1) is 23.2 Å². The zero-order chi connectivity index (χ0) is 10.4. The van der Waals surface area contributed by atoms with E-state index in [1.165, 1.54) is 0 Å². The molecule has 15 heavy (non-hydrogen) atoms. The molecule has 0 aromatic heterocycles. The number of halogens is 2. The second-order valence-electron chi connectivity index (χ2n) is 2.95. The largest absolute Gasteiger partial charge is 1.00 e. The maximum atomic E-state index is 12.2. The van der Waals surface area contributed by atoms with Gasteiger partial charge in [0.2, 0.25) is 0 Å². The summed E-state index contributed by atoms with van der Waals surface area (Å²) in [6.45, 7) is 2.36. The molecule has 86 valence electrons. The Labute approximate surface area is 124 Å². The molecule has 0 amide bonds. The summed E-state index contributed by atoms with van der Waals surface area (Å²) < 4.78 is 19.2. The molecule has 0 aromatic rings. The molecule has 0 bridgehead atoms. The van der Waals surface area contributed by atoms with E-state index in [2.05, 4.69) is 5.09 Å². The average Bonchev–Trinajstić information content (AvgIpc) is 2.19. The first-order valence-corrected chi connectivity index (χ1v) is 7.24. The fourth-order valence-corrected chi connectivity index (χ4v) is 3.86. The third-order valence-corrected chi connectivity index (χ3v) is 4.61. The van der Waals surface area contributed by atoms with Gasteiger partial charge in [-0.25, -0.2) is 9.76 Å². The zero-order valence-corrected chi connectivity index (χ0v) is 13.3. The van der Waals surface area contributed by atoms with Crippen molar-refractivity contribution in [2.45, 2.75) is 6.42 Å². The Morgan fingerprint density at radius 2 is 2.20 bits per heavy atom. The van der Waals surface area contributed by atoms with Crippen LogP contribution in [0.5, 0.6) is 0 Å². The Kier molecular flexibility index (Phi) is 9.72. The summed E-state index contributed by atoms with van der Waals surface area (Å²) in [4.78, 5) is 0. The van der Waals surface area contributed by atoms with Crippen LogP contribution in [0.1, 0.15) is 7.85 Å². The standard InChI is InChI=1S/C7H15Cl2N2O2P.Na.H/c8-2-4-10-14(12)11(6-3-9)5-1-7-13-14;;/h1-7H2,(H,10,12);;/q;+1;-1. The molecular weight excluding hydrogens is 269 g/mol. The fourth-order valence-electron chi connectivity index (χ4n) is 1.32. The van der Waals surface area contributed by atoms with E-state index in [4.69, 9.17) is 27.7 Å². The summed E-state index contributed by atoms with van der Waals surface area (Å²) in [5, 5.41) is 2.85. The minimum absolute atomic E-state index is 0. The second kappa shape index (κ2) is 8.73. The molecule has 1 unspecified atom stereocenters. The molecule has 4 nitrogen and oxygen atoms in total. The van der Waals surface area contributed by atoms with Gasteiger partial charge in [0, 0.05) is 31.4 Å². The van der Waals surface area contributed by atoms with Crippen molar-refractivity contribution in [1.29, 1.82) is 0 Å². The van der Waals surface area contributed by atoms with E-state index in [1.807, 2.05) is 0 Å². The van der Waals surface area contributed by atoms with Crippen molar-refractivity contribution in [2.24, 2.45) is 0 Å². The molecule has 8 heteroatoms. The Bertz CT molecular complexity index is 227. The molecule has 0 saturated carbocycles. The van der Waals surface area contributed by atoms with Gasteiger partial charge in [-0.05, 0) is 6.42 Å². The summed E-state index contributed by atoms with van der Waals surface area (Å²) in [7, 11) is -2.84. The van der Waals surface area contributed by atoms with Crippen molar-refractivity contribution in [2.75, 3.05) is 38.0 Å². The van der Waals surface area contributed by atoms with Gasteiger partial charge in [0.1, 0.15) is 0 Å². The number of hydrogen-bond donors (Lipinski definition) is 1. The van der Waals surface area contributed by atoms with E-state index >= 15 is 0 Å². The van der Waals surface area contributed by atoms with Gasteiger partial charge in [0.15, 0.2) is 0 Å². The Morgan fingerprint density at radius 3 is 2.80 bits per heavy atom. The first-order chi connectivity index (χ1) is 6.73. The van der Waals surface area contributed by atoms with Crippen LogP contribution in [0.15, 0.2) is 0 Å². The van der Waals surface area contributed by atoms with Crippen LogP contribution in [-0.2, 0) is 9.09 Å². The van der Waals surface area contributed by atoms with Gasteiger partial charge in [-0.1, -0.05) is 0 Å². The molecule has 0 spiro atoms. The van der Waals surface area contributed by atoms with Crippen molar-refractivity contribution in [1.82, 2.24) is 9.76 Å². The molecule has 0 radical (unpaired) electrons. The van der Waals surface area contributed by atoms with Crippen molar-refractivity contribution in [3.8, 4) is 0 Å². The van der Waals surface area contributed by atoms with Gasteiger partial charge >= 0.3 is 37.2 Å². The normalized spacial score (nSPS) is 27.3. The second-order valence-corrected chi connectivity index (χ2v) is 5.88. The number of rotatable bonds is 5. The Balaban J connectivity index is 0. The van der Waals surface area contributed by atoms with Gasteiger partial charge in [0.05, 0.1) is 6.61 Å². The number of alkyl halides is 2.